The zero-order chi connectivity index (χ0) is 15.6. The first-order valence-corrected chi connectivity index (χ1v) is 6.02. The second kappa shape index (κ2) is 5.69. The Morgan fingerprint density at radius 2 is 1.90 bits per heavy atom. The Kier molecular flexibility index (Phi) is 4.13. The van der Waals surface area contributed by atoms with E-state index in [1.807, 2.05) is 0 Å². The first-order chi connectivity index (χ1) is 9.77. The molecule has 3 nitrogen and oxygen atoms in total. The van der Waals surface area contributed by atoms with Crippen LogP contribution in [-0.2, 0) is 12.6 Å². The summed E-state index contributed by atoms with van der Waals surface area (Å²) in [4.78, 5) is 3.75. The number of nitrogens with two attached hydrogens (primary N) is 1. The van der Waals surface area contributed by atoms with Crippen LogP contribution in [0.4, 0.5) is 23.4 Å². The second-order valence-corrected chi connectivity index (χ2v) is 4.54. The third-order valence-corrected chi connectivity index (χ3v) is 2.95. The van der Waals surface area contributed by atoms with Crippen LogP contribution in [0.25, 0.3) is 0 Å². The molecule has 2 rings (SSSR count). The fraction of sp³-hybridized carbons (Fsp3) is 0.214. The van der Waals surface area contributed by atoms with Crippen molar-refractivity contribution in [3.05, 3.63) is 59.0 Å². The molecule has 3 N–H and O–H groups in total. The van der Waals surface area contributed by atoms with Gasteiger partial charge in [-0.2, -0.15) is 13.2 Å². The van der Waals surface area contributed by atoms with Gasteiger partial charge in [0, 0.05) is 12.6 Å². The van der Waals surface area contributed by atoms with E-state index in [1.165, 1.54) is 18.3 Å². The maximum atomic E-state index is 13.0. The highest BCUT2D eigenvalue weighted by Crippen LogP contribution is 2.36. The predicted octanol–water partition coefficient (Wildman–Crippen LogP) is 3.10. The van der Waals surface area contributed by atoms with E-state index in [4.69, 9.17) is 5.73 Å². The Morgan fingerprint density at radius 3 is 2.52 bits per heavy atom. The molecule has 0 saturated heterocycles. The fourth-order valence-electron chi connectivity index (χ4n) is 2.02. The average molecular weight is 300 g/mol. The number of benzene rings is 1. The van der Waals surface area contributed by atoms with Crippen molar-refractivity contribution in [2.45, 2.75) is 18.7 Å². The summed E-state index contributed by atoms with van der Waals surface area (Å²) in [7, 11) is 0. The molecule has 0 aliphatic carbocycles. The van der Waals surface area contributed by atoms with Gasteiger partial charge in [-0.05, 0) is 35.4 Å². The molecule has 112 valence electrons. The second-order valence-electron chi connectivity index (χ2n) is 4.54. The molecule has 7 heteroatoms. The van der Waals surface area contributed by atoms with Crippen molar-refractivity contribution >= 4 is 5.82 Å². The minimum atomic E-state index is -4.74. The fourth-order valence-corrected chi connectivity index (χ4v) is 2.02. The highest BCUT2D eigenvalue weighted by Gasteiger charge is 2.35. The van der Waals surface area contributed by atoms with Crippen LogP contribution in [0.15, 0.2) is 36.5 Å². The van der Waals surface area contributed by atoms with Crippen molar-refractivity contribution in [3.8, 4) is 0 Å². The Balaban J connectivity index is 2.33. The molecule has 2 aromatic rings. The van der Waals surface area contributed by atoms with Gasteiger partial charge in [-0.15, -0.1) is 0 Å². The van der Waals surface area contributed by atoms with Gasteiger partial charge in [0.1, 0.15) is 11.6 Å². The minimum Gasteiger partial charge on any atom is -0.388 e. The van der Waals surface area contributed by atoms with Crippen LogP contribution in [0.1, 0.15) is 22.8 Å². The number of hydrogen-bond acceptors (Lipinski definition) is 3. The molecule has 1 heterocycles. The zero-order valence-electron chi connectivity index (χ0n) is 10.7. The van der Waals surface area contributed by atoms with Crippen molar-refractivity contribution in [1.29, 1.82) is 0 Å². The summed E-state index contributed by atoms with van der Waals surface area (Å²) in [5, 5.41) is 10.0. The van der Waals surface area contributed by atoms with Crippen LogP contribution in [0.3, 0.4) is 0 Å². The topological polar surface area (TPSA) is 59.1 Å². The number of hydrogen-bond donors (Lipinski definition) is 2. The van der Waals surface area contributed by atoms with Crippen molar-refractivity contribution < 1.29 is 22.7 Å². The molecule has 1 atom stereocenters. The number of nitrogen functional groups attached to an aromatic ring is 1. The molecule has 0 aliphatic rings. The van der Waals surface area contributed by atoms with E-state index < -0.39 is 23.7 Å². The maximum Gasteiger partial charge on any atom is 0.416 e. The lowest BCUT2D eigenvalue weighted by Crippen LogP contribution is -2.14. The van der Waals surface area contributed by atoms with Gasteiger partial charge in [-0.25, -0.2) is 9.37 Å². The lowest BCUT2D eigenvalue weighted by atomic mass is 9.97. The maximum absolute atomic E-state index is 13.0. The van der Waals surface area contributed by atoms with Crippen molar-refractivity contribution in [1.82, 2.24) is 4.98 Å². The molecule has 21 heavy (non-hydrogen) atoms. The quantitative estimate of drug-likeness (QED) is 0.856. The lowest BCUT2D eigenvalue weighted by Gasteiger charge is -2.17. The summed E-state index contributed by atoms with van der Waals surface area (Å²) in [5.41, 5.74) is 4.45. The van der Waals surface area contributed by atoms with Gasteiger partial charge in [-0.1, -0.05) is 6.07 Å². The molecule has 0 amide bonds. The largest absolute Gasteiger partial charge is 0.416 e. The summed E-state index contributed by atoms with van der Waals surface area (Å²) >= 11 is 0. The van der Waals surface area contributed by atoms with E-state index in [0.29, 0.717) is 11.6 Å². The summed E-state index contributed by atoms with van der Waals surface area (Å²) in [6.45, 7) is 0. The van der Waals surface area contributed by atoms with Crippen LogP contribution in [-0.4, -0.2) is 10.1 Å². The molecule has 0 aliphatic heterocycles. The number of aromatic nitrogens is 1. The van der Waals surface area contributed by atoms with E-state index in [0.717, 1.165) is 12.1 Å². The summed E-state index contributed by atoms with van der Waals surface area (Å²) in [5.74, 6) is -0.804. The van der Waals surface area contributed by atoms with Crippen molar-refractivity contribution in [2.75, 3.05) is 5.73 Å². The van der Waals surface area contributed by atoms with E-state index in [9.17, 15) is 22.7 Å². The van der Waals surface area contributed by atoms with E-state index >= 15 is 0 Å². The van der Waals surface area contributed by atoms with Crippen LogP contribution >= 0.6 is 0 Å². The monoisotopic (exact) mass is 300 g/mol. The van der Waals surface area contributed by atoms with Gasteiger partial charge in [0.25, 0.3) is 0 Å². The number of anilines is 1. The number of rotatable bonds is 3. The molecule has 0 saturated carbocycles. The molecule has 0 fully saturated rings. The van der Waals surface area contributed by atoms with Crippen molar-refractivity contribution in [3.63, 3.8) is 0 Å². The summed E-state index contributed by atoms with van der Waals surface area (Å²) in [6.07, 6.45) is -4.85. The first kappa shape index (κ1) is 15.2. The molecule has 0 bridgehead atoms. The van der Waals surface area contributed by atoms with Crippen LogP contribution in [0.5, 0.6) is 0 Å². The molecule has 1 aromatic carbocycles. The lowest BCUT2D eigenvalue weighted by molar-refractivity contribution is -0.139. The first-order valence-electron chi connectivity index (χ1n) is 6.02. The Labute approximate surface area is 118 Å². The average Bonchev–Trinajstić information content (AvgIpc) is 2.37. The van der Waals surface area contributed by atoms with Crippen LogP contribution in [0, 0.1) is 5.82 Å². The van der Waals surface area contributed by atoms with E-state index in [-0.39, 0.29) is 17.8 Å². The van der Waals surface area contributed by atoms with Crippen LogP contribution in [0.2, 0.25) is 0 Å². The normalized spacial score (nSPS) is 13.2. The standard InChI is InChI=1S/C14H12F4N2O/c15-9-1-2-10(11(7-9)14(16,17)18)12(21)5-8-3-4-20-13(19)6-8/h1-4,6-7,12,21H,5H2,(H2,19,20). The van der Waals surface area contributed by atoms with Gasteiger partial charge < -0.3 is 10.8 Å². The molecule has 1 aromatic heterocycles. The van der Waals surface area contributed by atoms with Gasteiger partial charge in [-0.3, -0.25) is 0 Å². The highest BCUT2D eigenvalue weighted by molar-refractivity contribution is 5.36. The van der Waals surface area contributed by atoms with Gasteiger partial charge in [0.05, 0.1) is 11.7 Å². The number of alkyl halides is 3. The molecule has 0 radical (unpaired) electrons. The highest BCUT2D eigenvalue weighted by atomic mass is 19.4. The predicted molar refractivity (Wildman–Crippen MR) is 68.7 cm³/mol. The van der Waals surface area contributed by atoms with Gasteiger partial charge in [0.15, 0.2) is 0 Å². The summed E-state index contributed by atoms with van der Waals surface area (Å²) in [6, 6.07) is 5.19. The molecular weight excluding hydrogens is 288 g/mol. The Hall–Kier alpha value is -2.15. The van der Waals surface area contributed by atoms with E-state index in [2.05, 4.69) is 4.98 Å². The molecule has 1 unspecified atom stereocenters. The SMILES string of the molecule is Nc1cc(CC(O)c2ccc(F)cc2C(F)(F)F)ccn1. The Bertz CT molecular complexity index is 643. The minimum absolute atomic E-state index is 0.0819. The number of pyridine rings is 1. The zero-order valence-corrected chi connectivity index (χ0v) is 10.7. The van der Waals surface area contributed by atoms with E-state index in [1.54, 1.807) is 0 Å². The number of aliphatic hydroxyl groups is 1. The Morgan fingerprint density at radius 1 is 1.19 bits per heavy atom. The smallest absolute Gasteiger partial charge is 0.388 e. The third kappa shape index (κ3) is 3.69. The number of nitrogens with zero attached hydrogens (tertiary/aromatic N) is 1. The molecule has 0 spiro atoms. The van der Waals surface area contributed by atoms with Crippen molar-refractivity contribution in [2.24, 2.45) is 0 Å². The summed E-state index contributed by atoms with van der Waals surface area (Å²) < 4.78 is 51.7. The van der Waals surface area contributed by atoms with Crippen LogP contribution < -0.4 is 5.73 Å². The van der Waals surface area contributed by atoms with Gasteiger partial charge in [0.2, 0.25) is 0 Å². The number of halogens is 4. The third-order valence-electron chi connectivity index (χ3n) is 2.95. The number of aliphatic hydroxyl groups excluding tert-OH is 1. The molecular formula is C14H12F4N2O. The van der Waals surface area contributed by atoms with Gasteiger partial charge >= 0.3 is 6.18 Å².